The molecule has 0 saturated carbocycles. The Balaban J connectivity index is 2.61. The van der Waals surface area contributed by atoms with Crippen LogP contribution in [0.25, 0.3) is 0 Å². The monoisotopic (exact) mass is 227 g/mol. The van der Waals surface area contributed by atoms with E-state index in [1.165, 1.54) is 11.3 Å². The summed E-state index contributed by atoms with van der Waals surface area (Å²) in [5.74, 6) is -0.814. The lowest BCUT2D eigenvalue weighted by atomic mass is 10.3. The number of carbonyl (C=O) groups is 1. The van der Waals surface area contributed by atoms with Gasteiger partial charge in [-0.1, -0.05) is 23.5 Å². The first kappa shape index (κ1) is 11.6. The molecule has 0 bridgehead atoms. The number of carboxylic acids is 1. The molecule has 1 N–H and O–H groups in total. The summed E-state index contributed by atoms with van der Waals surface area (Å²) in [5.41, 5.74) is 2.59. The van der Waals surface area contributed by atoms with Gasteiger partial charge in [0, 0.05) is 13.1 Å². The number of rotatable bonds is 6. The van der Waals surface area contributed by atoms with Gasteiger partial charge in [0.1, 0.15) is 5.51 Å². The zero-order chi connectivity index (χ0) is 11.3. The van der Waals surface area contributed by atoms with E-state index in [1.807, 2.05) is 11.8 Å². The van der Waals surface area contributed by atoms with Crippen LogP contribution in [0.4, 0.5) is 5.13 Å². The third-order valence-electron chi connectivity index (χ3n) is 1.68. The average molecular weight is 227 g/mol. The summed E-state index contributed by atoms with van der Waals surface area (Å²) in [6.45, 7) is 6.74. The third kappa shape index (κ3) is 4.07. The molecule has 5 nitrogen and oxygen atoms in total. The van der Waals surface area contributed by atoms with Crippen molar-refractivity contribution in [3.05, 3.63) is 17.7 Å². The third-order valence-corrected chi connectivity index (χ3v) is 2.43. The summed E-state index contributed by atoms with van der Waals surface area (Å²) >= 11 is 1.39. The van der Waals surface area contributed by atoms with E-state index in [0.717, 1.165) is 10.7 Å². The Hall–Kier alpha value is -1.43. The van der Waals surface area contributed by atoms with Gasteiger partial charge in [0.15, 0.2) is 0 Å². The Morgan fingerprint density at radius 3 is 2.93 bits per heavy atom. The van der Waals surface area contributed by atoms with Gasteiger partial charge < -0.3 is 10.0 Å². The summed E-state index contributed by atoms with van der Waals surface area (Å²) in [4.78, 5) is 12.3. The van der Waals surface area contributed by atoms with E-state index in [0.29, 0.717) is 13.1 Å². The minimum absolute atomic E-state index is 0.0901. The lowest BCUT2D eigenvalue weighted by molar-refractivity contribution is -0.136. The maximum absolute atomic E-state index is 10.5. The summed E-state index contributed by atoms with van der Waals surface area (Å²) in [6, 6.07) is 0. The van der Waals surface area contributed by atoms with Crippen molar-refractivity contribution in [1.82, 2.24) is 10.2 Å². The van der Waals surface area contributed by atoms with E-state index in [9.17, 15) is 4.79 Å². The minimum Gasteiger partial charge on any atom is -0.481 e. The molecule has 6 heteroatoms. The van der Waals surface area contributed by atoms with Crippen molar-refractivity contribution in [2.75, 3.05) is 18.0 Å². The van der Waals surface area contributed by atoms with E-state index < -0.39 is 5.97 Å². The van der Waals surface area contributed by atoms with Gasteiger partial charge in [0.05, 0.1) is 6.42 Å². The molecule has 0 saturated heterocycles. The second-order valence-corrected chi connectivity index (χ2v) is 4.06. The minimum atomic E-state index is -0.814. The molecule has 0 aliphatic carbocycles. The molecule has 82 valence electrons. The first-order valence-electron chi connectivity index (χ1n) is 4.47. The van der Waals surface area contributed by atoms with Crippen molar-refractivity contribution in [3.8, 4) is 0 Å². The van der Waals surface area contributed by atoms with Crippen molar-refractivity contribution in [2.24, 2.45) is 0 Å². The molecular formula is C9H13N3O2S. The fraction of sp³-hybridized carbons (Fsp3) is 0.444. The fourth-order valence-electron chi connectivity index (χ4n) is 1.10. The largest absolute Gasteiger partial charge is 0.481 e. The van der Waals surface area contributed by atoms with Gasteiger partial charge in [0.25, 0.3) is 0 Å². The summed E-state index contributed by atoms with van der Waals surface area (Å²) < 4.78 is 0. The predicted octanol–water partition coefficient (Wildman–Crippen LogP) is 1.40. The van der Waals surface area contributed by atoms with Crippen molar-refractivity contribution in [3.63, 3.8) is 0 Å². The smallest absolute Gasteiger partial charge is 0.305 e. The number of nitrogens with zero attached hydrogens (tertiary/aromatic N) is 3. The molecule has 1 aromatic heterocycles. The first-order valence-corrected chi connectivity index (χ1v) is 5.35. The number of hydrogen-bond acceptors (Lipinski definition) is 5. The predicted molar refractivity (Wildman–Crippen MR) is 59.2 cm³/mol. The first-order chi connectivity index (χ1) is 7.09. The Labute approximate surface area is 92.1 Å². The van der Waals surface area contributed by atoms with Gasteiger partial charge in [-0.05, 0) is 6.92 Å². The summed E-state index contributed by atoms with van der Waals surface area (Å²) in [6.07, 6.45) is 0.0901. The molecule has 0 aliphatic rings. The van der Waals surface area contributed by atoms with Crippen LogP contribution in [0.15, 0.2) is 17.7 Å². The number of carboxylic acid groups (broad SMARTS) is 1. The van der Waals surface area contributed by atoms with Crippen LogP contribution < -0.4 is 4.90 Å². The second-order valence-electron chi connectivity index (χ2n) is 3.24. The van der Waals surface area contributed by atoms with Crippen LogP contribution in [0.1, 0.15) is 13.3 Å². The number of aliphatic carboxylic acids is 1. The van der Waals surface area contributed by atoms with Crippen molar-refractivity contribution in [1.29, 1.82) is 0 Å². The van der Waals surface area contributed by atoms with Gasteiger partial charge in [-0.25, -0.2) is 0 Å². The second kappa shape index (κ2) is 5.45. The Morgan fingerprint density at radius 1 is 1.73 bits per heavy atom. The zero-order valence-electron chi connectivity index (χ0n) is 8.51. The highest BCUT2D eigenvalue weighted by molar-refractivity contribution is 7.13. The van der Waals surface area contributed by atoms with Crippen LogP contribution in [0.3, 0.4) is 0 Å². The van der Waals surface area contributed by atoms with E-state index in [-0.39, 0.29) is 6.42 Å². The molecule has 15 heavy (non-hydrogen) atoms. The standard InChI is InChI=1S/C9H13N3O2S/c1-7(2)5-12(4-3-8(13)14)9-11-10-6-15-9/h6H,1,3-5H2,2H3,(H,13,14). The van der Waals surface area contributed by atoms with Crippen LogP contribution in [0, 0.1) is 0 Å². The van der Waals surface area contributed by atoms with Gasteiger partial charge in [-0.15, -0.1) is 10.2 Å². The number of anilines is 1. The maximum atomic E-state index is 10.5. The summed E-state index contributed by atoms with van der Waals surface area (Å²) in [5, 5.41) is 17.0. The zero-order valence-corrected chi connectivity index (χ0v) is 9.33. The number of hydrogen-bond donors (Lipinski definition) is 1. The van der Waals surface area contributed by atoms with Crippen LogP contribution in [0.5, 0.6) is 0 Å². The van der Waals surface area contributed by atoms with Crippen LogP contribution in [-0.2, 0) is 4.79 Å². The van der Waals surface area contributed by atoms with Crippen molar-refractivity contribution >= 4 is 22.4 Å². The SMILES string of the molecule is C=C(C)CN(CCC(=O)O)c1nncs1. The Morgan fingerprint density at radius 2 is 2.47 bits per heavy atom. The number of aromatic nitrogens is 2. The summed E-state index contributed by atoms with van der Waals surface area (Å²) in [7, 11) is 0. The van der Waals surface area contributed by atoms with E-state index in [4.69, 9.17) is 5.11 Å². The molecule has 0 amide bonds. The normalized spacial score (nSPS) is 9.93. The molecule has 0 unspecified atom stereocenters. The van der Waals surface area contributed by atoms with Crippen molar-refractivity contribution < 1.29 is 9.90 Å². The Bertz CT molecular complexity index is 337. The molecule has 0 radical (unpaired) electrons. The quantitative estimate of drug-likeness (QED) is 0.744. The highest BCUT2D eigenvalue weighted by Crippen LogP contribution is 2.16. The topological polar surface area (TPSA) is 66.3 Å². The van der Waals surface area contributed by atoms with Gasteiger partial charge in [-0.2, -0.15) is 0 Å². The lowest BCUT2D eigenvalue weighted by Gasteiger charge is -2.20. The van der Waals surface area contributed by atoms with E-state index >= 15 is 0 Å². The molecule has 0 aromatic carbocycles. The van der Waals surface area contributed by atoms with Gasteiger partial charge in [0.2, 0.25) is 5.13 Å². The van der Waals surface area contributed by atoms with Gasteiger partial charge >= 0.3 is 5.97 Å². The van der Waals surface area contributed by atoms with Gasteiger partial charge in [-0.3, -0.25) is 4.79 Å². The molecule has 1 aromatic rings. The maximum Gasteiger partial charge on any atom is 0.305 e. The highest BCUT2D eigenvalue weighted by atomic mass is 32.1. The Kier molecular flexibility index (Phi) is 4.23. The molecule has 1 rings (SSSR count). The fourth-order valence-corrected chi connectivity index (χ4v) is 1.69. The highest BCUT2D eigenvalue weighted by Gasteiger charge is 2.11. The lowest BCUT2D eigenvalue weighted by Crippen LogP contribution is -2.27. The molecular weight excluding hydrogens is 214 g/mol. The van der Waals surface area contributed by atoms with E-state index in [2.05, 4.69) is 16.8 Å². The average Bonchev–Trinajstić information content (AvgIpc) is 2.63. The molecule has 0 aliphatic heterocycles. The van der Waals surface area contributed by atoms with Crippen LogP contribution >= 0.6 is 11.3 Å². The molecule has 0 atom stereocenters. The molecule has 0 fully saturated rings. The van der Waals surface area contributed by atoms with Crippen LogP contribution in [0.2, 0.25) is 0 Å². The van der Waals surface area contributed by atoms with E-state index in [1.54, 1.807) is 5.51 Å². The van der Waals surface area contributed by atoms with Crippen LogP contribution in [-0.4, -0.2) is 34.4 Å². The molecule has 0 spiro atoms. The molecule has 1 heterocycles. The van der Waals surface area contributed by atoms with Crippen molar-refractivity contribution in [2.45, 2.75) is 13.3 Å².